The summed E-state index contributed by atoms with van der Waals surface area (Å²) >= 11 is 0. The summed E-state index contributed by atoms with van der Waals surface area (Å²) in [5, 5.41) is 2.90. The van der Waals surface area contributed by atoms with Crippen LogP contribution in [-0.4, -0.2) is 18.4 Å². The van der Waals surface area contributed by atoms with Crippen molar-refractivity contribution in [3.63, 3.8) is 0 Å². The molecule has 0 saturated carbocycles. The molecule has 0 saturated heterocycles. The molecule has 2 rings (SSSR count). The summed E-state index contributed by atoms with van der Waals surface area (Å²) in [6.45, 7) is 3.85. The number of primary amides is 1. The molecule has 5 heteroatoms. The van der Waals surface area contributed by atoms with Gasteiger partial charge in [-0.15, -0.1) is 0 Å². The lowest BCUT2D eigenvalue weighted by molar-refractivity contribution is -0.123. The number of amides is 2. The highest BCUT2D eigenvalue weighted by Crippen LogP contribution is 2.16. The van der Waals surface area contributed by atoms with Crippen LogP contribution in [0.2, 0.25) is 0 Å². The predicted octanol–water partition coefficient (Wildman–Crippen LogP) is 2.35. The van der Waals surface area contributed by atoms with E-state index in [1.807, 2.05) is 38.1 Å². The van der Waals surface area contributed by atoms with Crippen molar-refractivity contribution >= 4 is 11.8 Å². The maximum atomic E-state index is 12.0. The molecule has 2 aromatic rings. The number of aryl methyl sites for hydroxylation is 1. The van der Waals surface area contributed by atoms with Crippen LogP contribution in [0, 0.1) is 6.92 Å². The second kappa shape index (κ2) is 7.45. The standard InChI is InChI=1S/C18H20N2O3/c1-12-5-3-4-6-16(12)13(2)20-17(21)11-23-15-9-7-14(8-10-15)18(19)22/h3-10,13H,11H2,1-2H3,(H2,19,22)(H,20,21). The number of nitrogens with one attached hydrogen (secondary N) is 1. The van der Waals surface area contributed by atoms with Gasteiger partial charge in [-0.2, -0.15) is 0 Å². The van der Waals surface area contributed by atoms with E-state index in [9.17, 15) is 9.59 Å². The molecule has 23 heavy (non-hydrogen) atoms. The molecule has 0 aliphatic carbocycles. The Balaban J connectivity index is 1.87. The Morgan fingerprint density at radius 1 is 1.13 bits per heavy atom. The number of hydrogen-bond donors (Lipinski definition) is 2. The Morgan fingerprint density at radius 3 is 2.39 bits per heavy atom. The lowest BCUT2D eigenvalue weighted by Crippen LogP contribution is -2.31. The van der Waals surface area contributed by atoms with Crippen molar-refractivity contribution in [2.75, 3.05) is 6.61 Å². The number of carbonyl (C=O) groups excluding carboxylic acids is 2. The monoisotopic (exact) mass is 312 g/mol. The van der Waals surface area contributed by atoms with Crippen molar-refractivity contribution in [2.45, 2.75) is 19.9 Å². The van der Waals surface area contributed by atoms with Gasteiger partial charge in [-0.05, 0) is 49.2 Å². The number of benzene rings is 2. The van der Waals surface area contributed by atoms with Crippen molar-refractivity contribution in [1.82, 2.24) is 5.32 Å². The van der Waals surface area contributed by atoms with Gasteiger partial charge in [-0.25, -0.2) is 0 Å². The Kier molecular flexibility index (Phi) is 5.36. The first kappa shape index (κ1) is 16.5. The maximum absolute atomic E-state index is 12.0. The van der Waals surface area contributed by atoms with Crippen LogP contribution in [0.15, 0.2) is 48.5 Å². The van der Waals surface area contributed by atoms with Crippen LogP contribution >= 0.6 is 0 Å². The van der Waals surface area contributed by atoms with Crippen LogP contribution in [0.5, 0.6) is 5.75 Å². The molecular weight excluding hydrogens is 292 g/mol. The Labute approximate surface area is 135 Å². The zero-order chi connectivity index (χ0) is 16.8. The van der Waals surface area contributed by atoms with Crippen LogP contribution in [0.1, 0.15) is 34.5 Å². The molecule has 0 radical (unpaired) electrons. The van der Waals surface area contributed by atoms with Gasteiger partial charge in [0.25, 0.3) is 5.91 Å². The van der Waals surface area contributed by atoms with E-state index >= 15 is 0 Å². The summed E-state index contributed by atoms with van der Waals surface area (Å²) in [4.78, 5) is 23.0. The first-order valence-electron chi connectivity index (χ1n) is 7.35. The van der Waals surface area contributed by atoms with Gasteiger partial charge in [0.1, 0.15) is 5.75 Å². The van der Waals surface area contributed by atoms with Crippen molar-refractivity contribution in [3.05, 3.63) is 65.2 Å². The molecule has 0 heterocycles. The number of hydrogen-bond acceptors (Lipinski definition) is 3. The molecule has 120 valence electrons. The van der Waals surface area contributed by atoms with Crippen LogP contribution in [0.3, 0.4) is 0 Å². The van der Waals surface area contributed by atoms with Gasteiger partial charge in [0.05, 0.1) is 6.04 Å². The zero-order valence-corrected chi connectivity index (χ0v) is 13.2. The average molecular weight is 312 g/mol. The van der Waals surface area contributed by atoms with E-state index in [1.165, 1.54) is 0 Å². The van der Waals surface area contributed by atoms with Gasteiger partial charge < -0.3 is 15.8 Å². The molecule has 0 spiro atoms. The van der Waals surface area contributed by atoms with Crippen LogP contribution in [0.25, 0.3) is 0 Å². The Bertz CT molecular complexity index is 696. The quantitative estimate of drug-likeness (QED) is 0.859. The summed E-state index contributed by atoms with van der Waals surface area (Å²) in [5.41, 5.74) is 7.77. The molecule has 0 aliphatic heterocycles. The van der Waals surface area contributed by atoms with Gasteiger partial charge in [0.2, 0.25) is 5.91 Å². The molecule has 2 aromatic carbocycles. The molecule has 1 atom stereocenters. The van der Waals surface area contributed by atoms with E-state index in [1.54, 1.807) is 24.3 Å². The Hall–Kier alpha value is -2.82. The molecule has 0 aromatic heterocycles. The highest BCUT2D eigenvalue weighted by Gasteiger charge is 2.11. The molecular formula is C18H20N2O3. The average Bonchev–Trinajstić information content (AvgIpc) is 2.53. The molecule has 0 aliphatic rings. The fourth-order valence-electron chi connectivity index (χ4n) is 2.30. The van der Waals surface area contributed by atoms with Crippen molar-refractivity contribution < 1.29 is 14.3 Å². The van der Waals surface area contributed by atoms with Crippen molar-refractivity contribution in [3.8, 4) is 5.75 Å². The lowest BCUT2D eigenvalue weighted by Gasteiger charge is -2.16. The van der Waals surface area contributed by atoms with Gasteiger partial charge in [-0.3, -0.25) is 9.59 Å². The smallest absolute Gasteiger partial charge is 0.258 e. The summed E-state index contributed by atoms with van der Waals surface area (Å²) in [6.07, 6.45) is 0. The third-order valence-electron chi connectivity index (χ3n) is 3.54. The van der Waals surface area contributed by atoms with E-state index in [0.29, 0.717) is 11.3 Å². The Morgan fingerprint density at radius 2 is 1.78 bits per heavy atom. The molecule has 5 nitrogen and oxygen atoms in total. The number of rotatable bonds is 6. The first-order chi connectivity index (χ1) is 11.0. The first-order valence-corrected chi connectivity index (χ1v) is 7.35. The third-order valence-corrected chi connectivity index (χ3v) is 3.54. The fourth-order valence-corrected chi connectivity index (χ4v) is 2.30. The highest BCUT2D eigenvalue weighted by molar-refractivity contribution is 5.92. The topological polar surface area (TPSA) is 81.4 Å². The molecule has 2 amide bonds. The second-order valence-electron chi connectivity index (χ2n) is 5.32. The predicted molar refractivity (Wildman–Crippen MR) is 88.2 cm³/mol. The largest absolute Gasteiger partial charge is 0.484 e. The highest BCUT2D eigenvalue weighted by atomic mass is 16.5. The minimum Gasteiger partial charge on any atom is -0.484 e. The molecule has 3 N–H and O–H groups in total. The molecule has 0 fully saturated rings. The van der Waals surface area contributed by atoms with Gasteiger partial charge in [-0.1, -0.05) is 24.3 Å². The van der Waals surface area contributed by atoms with E-state index in [0.717, 1.165) is 11.1 Å². The molecule has 0 bridgehead atoms. The van der Waals surface area contributed by atoms with Gasteiger partial charge in [0.15, 0.2) is 6.61 Å². The van der Waals surface area contributed by atoms with E-state index in [4.69, 9.17) is 10.5 Å². The van der Waals surface area contributed by atoms with Crippen molar-refractivity contribution in [1.29, 1.82) is 0 Å². The normalized spacial score (nSPS) is 11.6. The summed E-state index contributed by atoms with van der Waals surface area (Å²) in [6, 6.07) is 14.2. The van der Waals surface area contributed by atoms with E-state index in [2.05, 4.69) is 5.32 Å². The maximum Gasteiger partial charge on any atom is 0.258 e. The van der Waals surface area contributed by atoms with Crippen LogP contribution in [0.4, 0.5) is 0 Å². The van der Waals surface area contributed by atoms with Gasteiger partial charge in [0, 0.05) is 5.56 Å². The number of nitrogens with two attached hydrogens (primary N) is 1. The van der Waals surface area contributed by atoms with Crippen molar-refractivity contribution in [2.24, 2.45) is 5.73 Å². The minimum absolute atomic E-state index is 0.0911. The lowest BCUT2D eigenvalue weighted by atomic mass is 10.0. The number of ether oxygens (including phenoxy) is 1. The van der Waals surface area contributed by atoms with Crippen LogP contribution in [-0.2, 0) is 4.79 Å². The number of carbonyl (C=O) groups is 2. The third kappa shape index (κ3) is 4.57. The summed E-state index contributed by atoms with van der Waals surface area (Å²) < 4.78 is 5.41. The summed E-state index contributed by atoms with van der Waals surface area (Å²) in [5.74, 6) is -0.199. The van der Waals surface area contributed by atoms with E-state index < -0.39 is 5.91 Å². The fraction of sp³-hybridized carbons (Fsp3) is 0.222. The minimum atomic E-state index is -0.499. The van der Waals surface area contributed by atoms with E-state index in [-0.39, 0.29) is 18.6 Å². The second-order valence-corrected chi connectivity index (χ2v) is 5.32. The molecule has 1 unspecified atom stereocenters. The van der Waals surface area contributed by atoms with Crippen LogP contribution < -0.4 is 15.8 Å². The summed E-state index contributed by atoms with van der Waals surface area (Å²) in [7, 11) is 0. The zero-order valence-electron chi connectivity index (χ0n) is 13.2. The van der Waals surface area contributed by atoms with Gasteiger partial charge >= 0.3 is 0 Å². The SMILES string of the molecule is Cc1ccccc1C(C)NC(=O)COc1ccc(C(N)=O)cc1.